The van der Waals surface area contributed by atoms with Gasteiger partial charge in [-0.1, -0.05) is 66.5 Å². The Bertz CT molecular complexity index is 1290. The van der Waals surface area contributed by atoms with E-state index in [9.17, 15) is 4.79 Å². The predicted molar refractivity (Wildman–Crippen MR) is 175 cm³/mol. The van der Waals surface area contributed by atoms with Crippen molar-refractivity contribution in [2.75, 3.05) is 26.2 Å². The van der Waals surface area contributed by atoms with E-state index < -0.39 is 0 Å². The number of nitrogens with zero attached hydrogens (tertiary/aromatic N) is 2. The van der Waals surface area contributed by atoms with Crippen LogP contribution in [0.3, 0.4) is 0 Å². The smallest absolute Gasteiger partial charge is 0.226 e. The summed E-state index contributed by atoms with van der Waals surface area (Å²) >= 11 is 0. The van der Waals surface area contributed by atoms with E-state index in [4.69, 9.17) is 0 Å². The molecule has 3 saturated carbocycles. The van der Waals surface area contributed by atoms with Crippen LogP contribution in [0.15, 0.2) is 17.8 Å². The molecule has 0 unspecified atom stereocenters. The molecule has 0 aromatic carbocycles. The first-order valence-electron chi connectivity index (χ1n) is 18.0. The molecule has 2 heterocycles. The fourth-order valence-corrected chi connectivity index (χ4v) is 12.7. The van der Waals surface area contributed by atoms with E-state index in [0.717, 1.165) is 51.6 Å². The highest BCUT2D eigenvalue weighted by Gasteiger charge is 2.69. The zero-order valence-electron chi connectivity index (χ0n) is 28.5. The summed E-state index contributed by atoms with van der Waals surface area (Å²) in [6.07, 6.45) is 19.3. The van der Waals surface area contributed by atoms with E-state index >= 15 is 0 Å². The normalized spacial score (nSPS) is 43.2. The molecule has 4 fully saturated rings. The summed E-state index contributed by atoms with van der Waals surface area (Å²) in [6, 6.07) is 0. The zero-order chi connectivity index (χ0) is 30.5. The van der Waals surface area contributed by atoms with Crippen LogP contribution in [0.25, 0.3) is 0 Å². The van der Waals surface area contributed by atoms with E-state index in [0.29, 0.717) is 23.7 Å². The topological polar surface area (TPSA) is 61.0 Å². The lowest BCUT2D eigenvalue weighted by atomic mass is 9.33. The van der Waals surface area contributed by atoms with E-state index in [-0.39, 0.29) is 32.5 Å². The van der Waals surface area contributed by atoms with Gasteiger partial charge >= 0.3 is 0 Å². The molecule has 5 aliphatic carbocycles. The molecule has 7 atom stereocenters. The monoisotopic (exact) mass is 588 g/mol. The number of aromatic nitrogens is 2. The van der Waals surface area contributed by atoms with Crippen LogP contribution in [0.4, 0.5) is 0 Å². The Hall–Kier alpha value is -1.62. The maximum absolute atomic E-state index is 14.4. The van der Waals surface area contributed by atoms with Gasteiger partial charge in [-0.15, -0.1) is 0 Å². The van der Waals surface area contributed by atoms with Gasteiger partial charge in [0.15, 0.2) is 0 Å². The van der Waals surface area contributed by atoms with Crippen LogP contribution in [-0.2, 0) is 16.6 Å². The van der Waals surface area contributed by atoms with Gasteiger partial charge in [-0.3, -0.25) is 9.89 Å². The van der Waals surface area contributed by atoms with Crippen molar-refractivity contribution in [2.45, 2.75) is 131 Å². The molecule has 1 amide bonds. The van der Waals surface area contributed by atoms with Crippen molar-refractivity contribution in [1.82, 2.24) is 20.4 Å². The Labute approximate surface area is 261 Å². The number of piperidine rings is 1. The summed E-state index contributed by atoms with van der Waals surface area (Å²) in [7, 11) is 0. The van der Waals surface area contributed by atoms with Crippen LogP contribution >= 0.6 is 0 Å². The molecular formula is C38H60N4O. The average molecular weight is 589 g/mol. The molecule has 1 aliphatic heterocycles. The molecule has 6 aliphatic rings. The lowest BCUT2D eigenvalue weighted by molar-refractivity contribution is -0.167. The van der Waals surface area contributed by atoms with Gasteiger partial charge in [0.2, 0.25) is 5.91 Å². The van der Waals surface area contributed by atoms with E-state index in [1.54, 1.807) is 5.57 Å². The minimum Gasteiger partial charge on any atom is -0.354 e. The number of allylic oxidation sites excluding steroid dienone is 2. The minimum absolute atomic E-state index is 0.118. The highest BCUT2D eigenvalue weighted by atomic mass is 16.2. The number of carbonyl (C=O) groups is 1. The van der Waals surface area contributed by atoms with E-state index in [1.807, 2.05) is 0 Å². The molecular weight excluding hydrogens is 528 g/mol. The number of amides is 1. The molecule has 1 aromatic rings. The number of nitrogens with one attached hydrogen (secondary N) is 2. The quantitative estimate of drug-likeness (QED) is 0.353. The van der Waals surface area contributed by atoms with Gasteiger partial charge in [0.25, 0.3) is 0 Å². The van der Waals surface area contributed by atoms with Crippen LogP contribution < -0.4 is 5.32 Å². The van der Waals surface area contributed by atoms with Crippen molar-refractivity contribution in [3.8, 4) is 0 Å². The fourth-order valence-electron chi connectivity index (χ4n) is 12.7. The van der Waals surface area contributed by atoms with Gasteiger partial charge < -0.3 is 10.2 Å². The summed E-state index contributed by atoms with van der Waals surface area (Å²) in [6.45, 7) is 22.1. The van der Waals surface area contributed by atoms with Crippen LogP contribution in [-0.4, -0.2) is 47.2 Å². The number of fused-ring (bicyclic) bond motifs is 8. The molecule has 1 saturated heterocycles. The molecule has 5 nitrogen and oxygen atoms in total. The molecule has 43 heavy (non-hydrogen) atoms. The minimum atomic E-state index is -0.231. The highest BCUT2D eigenvalue weighted by Crippen LogP contribution is 2.75. The van der Waals surface area contributed by atoms with Crippen LogP contribution in [0.2, 0.25) is 0 Å². The van der Waals surface area contributed by atoms with Gasteiger partial charge in [0.1, 0.15) is 0 Å². The first-order valence-corrected chi connectivity index (χ1v) is 18.0. The first kappa shape index (κ1) is 30.1. The van der Waals surface area contributed by atoms with Crippen molar-refractivity contribution < 1.29 is 4.79 Å². The Morgan fingerprint density at radius 3 is 2.49 bits per heavy atom. The SMILES string of the molecule is CC1(C)CC[C@]2(C(=O)NCCN3CCCCC3)CC[C@]3(C)C(=CC[C@@H]4[C@@]5(C)Cc6cn[nH]c6C(C)(C)[C@@H]5CC[C@]43C)[C@@H]2C1. The van der Waals surface area contributed by atoms with Gasteiger partial charge in [-0.05, 0) is 129 Å². The number of rotatable bonds is 4. The largest absolute Gasteiger partial charge is 0.354 e. The molecule has 5 heteroatoms. The van der Waals surface area contributed by atoms with Gasteiger partial charge in [-0.25, -0.2) is 0 Å². The fraction of sp³-hybridized carbons (Fsp3) is 0.842. The number of likely N-dealkylation sites (tertiary alicyclic amines) is 1. The predicted octanol–water partition coefficient (Wildman–Crippen LogP) is 7.83. The van der Waals surface area contributed by atoms with Crippen LogP contribution in [0.5, 0.6) is 0 Å². The third kappa shape index (κ3) is 4.24. The van der Waals surface area contributed by atoms with Gasteiger partial charge in [0.05, 0.1) is 11.6 Å². The van der Waals surface area contributed by atoms with Crippen LogP contribution in [0, 0.1) is 44.8 Å². The maximum Gasteiger partial charge on any atom is 0.226 e. The molecule has 0 spiro atoms. The summed E-state index contributed by atoms with van der Waals surface area (Å²) < 4.78 is 0. The second kappa shape index (κ2) is 9.94. The highest BCUT2D eigenvalue weighted by molar-refractivity contribution is 5.84. The Kier molecular flexibility index (Phi) is 6.95. The molecule has 0 radical (unpaired) electrons. The number of carbonyl (C=O) groups excluding carboxylic acids is 1. The van der Waals surface area contributed by atoms with Crippen molar-refractivity contribution in [3.63, 3.8) is 0 Å². The number of hydrogen-bond donors (Lipinski definition) is 2. The lowest BCUT2D eigenvalue weighted by Gasteiger charge is -2.70. The molecule has 2 N–H and O–H groups in total. The molecule has 0 bridgehead atoms. The number of hydrogen-bond acceptors (Lipinski definition) is 3. The molecule has 1 aromatic heterocycles. The zero-order valence-corrected chi connectivity index (χ0v) is 28.5. The van der Waals surface area contributed by atoms with E-state index in [2.05, 4.69) is 81.2 Å². The van der Waals surface area contributed by atoms with Crippen molar-refractivity contribution in [2.24, 2.45) is 44.8 Å². The maximum atomic E-state index is 14.4. The summed E-state index contributed by atoms with van der Waals surface area (Å²) in [5.74, 6) is 2.05. The Balaban J connectivity index is 1.21. The summed E-state index contributed by atoms with van der Waals surface area (Å²) in [4.78, 5) is 16.9. The Morgan fingerprint density at radius 1 is 0.977 bits per heavy atom. The second-order valence-electron chi connectivity index (χ2n) is 18.2. The van der Waals surface area contributed by atoms with E-state index in [1.165, 1.54) is 62.9 Å². The first-order chi connectivity index (χ1) is 20.3. The third-order valence-electron chi connectivity index (χ3n) is 15.3. The summed E-state index contributed by atoms with van der Waals surface area (Å²) in [5.41, 5.74) is 5.34. The van der Waals surface area contributed by atoms with Gasteiger partial charge in [-0.2, -0.15) is 5.10 Å². The van der Waals surface area contributed by atoms with Crippen molar-refractivity contribution in [1.29, 1.82) is 0 Å². The van der Waals surface area contributed by atoms with Crippen LogP contribution in [0.1, 0.15) is 130 Å². The number of H-pyrrole nitrogens is 1. The average Bonchev–Trinajstić information content (AvgIpc) is 3.42. The molecule has 7 rings (SSSR count). The molecule has 238 valence electrons. The third-order valence-corrected chi connectivity index (χ3v) is 15.3. The second-order valence-corrected chi connectivity index (χ2v) is 18.2. The Morgan fingerprint density at radius 2 is 1.72 bits per heavy atom. The van der Waals surface area contributed by atoms with Crippen molar-refractivity contribution >= 4 is 5.91 Å². The van der Waals surface area contributed by atoms with Crippen molar-refractivity contribution in [3.05, 3.63) is 29.1 Å². The number of aromatic amines is 1. The lowest BCUT2D eigenvalue weighted by Crippen LogP contribution is -2.65. The van der Waals surface area contributed by atoms with Gasteiger partial charge in [0, 0.05) is 24.2 Å². The summed E-state index contributed by atoms with van der Waals surface area (Å²) in [5, 5.41) is 11.5. The standard InChI is InChI=1S/C38H60N4O/c1-33(2)15-17-38(32(43)39-19-22-42-20-9-8-10-21-42)18-16-36(6)27(28(38)24-33)11-12-30-35(5)23-26-25-40-41-31(26)34(3,4)29(35)13-14-37(30,36)7/h11,25,28-30H,8-10,12-24H2,1-7H3,(H,39,43)(H,40,41)/t28-,29-,30+,35-,36+,37+,38-/m0/s1.